The number of ether oxygens (including phenoxy) is 2. The van der Waals surface area contributed by atoms with Gasteiger partial charge in [0.15, 0.2) is 5.70 Å². The minimum Gasteiger partial charge on any atom is -0.497 e. The van der Waals surface area contributed by atoms with E-state index in [1.807, 2.05) is 6.07 Å². The fraction of sp³-hybridized carbons (Fsp3) is 0.0588. The van der Waals surface area contributed by atoms with Crippen LogP contribution in [0.15, 0.2) is 69.9 Å². The summed E-state index contributed by atoms with van der Waals surface area (Å²) >= 11 is 0. The predicted molar refractivity (Wildman–Crippen MR) is 81.4 cm³/mol. The molecule has 0 atom stereocenters. The quantitative estimate of drug-likeness (QED) is 0.642. The lowest BCUT2D eigenvalue weighted by Gasteiger charge is -2.01. The molecule has 1 aromatic carbocycles. The molecule has 22 heavy (non-hydrogen) atoms. The number of aliphatic imine (C=N–C) groups is 1. The Morgan fingerprint density at radius 1 is 1.18 bits per heavy atom. The Kier molecular flexibility index (Phi) is 3.87. The van der Waals surface area contributed by atoms with Crippen molar-refractivity contribution < 1.29 is 18.7 Å². The zero-order valence-electron chi connectivity index (χ0n) is 11.9. The van der Waals surface area contributed by atoms with Crippen LogP contribution in [0.25, 0.3) is 6.08 Å². The summed E-state index contributed by atoms with van der Waals surface area (Å²) < 4.78 is 15.4. The van der Waals surface area contributed by atoms with Gasteiger partial charge in [0, 0.05) is 5.56 Å². The van der Waals surface area contributed by atoms with Crippen molar-refractivity contribution in [2.75, 3.05) is 7.11 Å². The molecule has 0 radical (unpaired) electrons. The summed E-state index contributed by atoms with van der Waals surface area (Å²) in [6.45, 7) is 0. The summed E-state index contributed by atoms with van der Waals surface area (Å²) in [5.74, 6) is 1.23. The summed E-state index contributed by atoms with van der Waals surface area (Å²) in [5, 5.41) is 0. The first kappa shape index (κ1) is 13.9. The molecule has 1 aromatic heterocycles. The van der Waals surface area contributed by atoms with Crippen LogP contribution in [-0.2, 0) is 9.53 Å². The maximum absolute atomic E-state index is 11.8. The second kappa shape index (κ2) is 6.13. The molecule has 3 rings (SSSR count). The van der Waals surface area contributed by atoms with E-state index in [0.717, 1.165) is 5.75 Å². The number of methoxy groups -OCH3 is 1. The highest BCUT2D eigenvalue weighted by molar-refractivity contribution is 6.11. The topological polar surface area (TPSA) is 61.0 Å². The van der Waals surface area contributed by atoms with Gasteiger partial charge in [-0.1, -0.05) is 6.08 Å². The molecule has 5 heteroatoms. The first-order valence-electron chi connectivity index (χ1n) is 6.63. The summed E-state index contributed by atoms with van der Waals surface area (Å²) in [6, 6.07) is 10.7. The highest BCUT2D eigenvalue weighted by Gasteiger charge is 2.23. The van der Waals surface area contributed by atoms with Crippen LogP contribution in [0.4, 0.5) is 0 Å². The Morgan fingerprint density at radius 3 is 2.68 bits per heavy atom. The highest BCUT2D eigenvalue weighted by Crippen LogP contribution is 2.19. The number of hydrogen-bond donors (Lipinski definition) is 0. The van der Waals surface area contributed by atoms with Gasteiger partial charge in [-0.2, -0.15) is 0 Å². The average molecular weight is 295 g/mol. The van der Waals surface area contributed by atoms with Crippen molar-refractivity contribution in [3.63, 3.8) is 0 Å². The van der Waals surface area contributed by atoms with Crippen LogP contribution in [0.3, 0.4) is 0 Å². The monoisotopic (exact) mass is 295 g/mol. The Hall–Kier alpha value is -3.08. The average Bonchev–Trinajstić information content (AvgIpc) is 3.18. The second-order valence-electron chi connectivity index (χ2n) is 4.46. The van der Waals surface area contributed by atoms with Crippen molar-refractivity contribution in [2.24, 2.45) is 4.99 Å². The van der Waals surface area contributed by atoms with Gasteiger partial charge in [-0.05, 0) is 48.6 Å². The number of esters is 1. The molecule has 2 heterocycles. The molecule has 0 unspecified atom stereocenters. The van der Waals surface area contributed by atoms with Gasteiger partial charge in [0.1, 0.15) is 11.5 Å². The molecule has 0 bridgehead atoms. The molecular weight excluding hydrogens is 282 g/mol. The number of rotatable bonds is 4. The molecule has 2 aromatic rings. The van der Waals surface area contributed by atoms with Gasteiger partial charge in [-0.3, -0.25) is 0 Å². The van der Waals surface area contributed by atoms with Crippen molar-refractivity contribution >= 4 is 17.9 Å². The van der Waals surface area contributed by atoms with Crippen LogP contribution < -0.4 is 4.74 Å². The van der Waals surface area contributed by atoms with Crippen LogP contribution in [0.2, 0.25) is 0 Å². The first-order valence-corrected chi connectivity index (χ1v) is 6.63. The molecule has 0 saturated heterocycles. The molecule has 0 fully saturated rings. The third kappa shape index (κ3) is 2.98. The van der Waals surface area contributed by atoms with E-state index < -0.39 is 5.97 Å². The van der Waals surface area contributed by atoms with E-state index in [4.69, 9.17) is 13.9 Å². The zero-order valence-corrected chi connectivity index (χ0v) is 11.9. The van der Waals surface area contributed by atoms with E-state index >= 15 is 0 Å². The predicted octanol–water partition coefficient (Wildman–Crippen LogP) is 3.19. The van der Waals surface area contributed by atoms with Gasteiger partial charge in [0.05, 0.1) is 13.4 Å². The lowest BCUT2D eigenvalue weighted by molar-refractivity contribution is -0.130. The molecule has 1 aliphatic rings. The minimum absolute atomic E-state index is 0.244. The number of nitrogens with zero attached hydrogens (tertiary/aromatic N) is 1. The van der Waals surface area contributed by atoms with Crippen molar-refractivity contribution in [1.82, 2.24) is 0 Å². The number of hydrogen-bond acceptors (Lipinski definition) is 5. The number of carbonyl (C=O) groups is 1. The van der Waals surface area contributed by atoms with Gasteiger partial charge < -0.3 is 13.9 Å². The molecular formula is C17H13NO4. The fourth-order valence-electron chi connectivity index (χ4n) is 1.90. The summed E-state index contributed by atoms with van der Waals surface area (Å²) in [7, 11) is 1.59. The summed E-state index contributed by atoms with van der Waals surface area (Å²) in [4.78, 5) is 16.0. The van der Waals surface area contributed by atoms with E-state index in [1.165, 1.54) is 0 Å². The number of benzene rings is 1. The lowest BCUT2D eigenvalue weighted by Crippen LogP contribution is -2.05. The van der Waals surface area contributed by atoms with Crippen molar-refractivity contribution in [3.8, 4) is 5.75 Å². The third-order valence-electron chi connectivity index (χ3n) is 3.02. The van der Waals surface area contributed by atoms with Gasteiger partial charge in [0.2, 0.25) is 5.90 Å². The van der Waals surface area contributed by atoms with E-state index in [-0.39, 0.29) is 11.6 Å². The smallest absolute Gasteiger partial charge is 0.363 e. The Bertz CT molecular complexity index is 752. The molecule has 110 valence electrons. The van der Waals surface area contributed by atoms with E-state index in [1.54, 1.807) is 61.9 Å². The SMILES string of the molecule is COc1ccc(C2=N/C(=C\C=C\c3ccco3)C(=O)O2)cc1. The molecule has 0 N–H and O–H groups in total. The van der Waals surface area contributed by atoms with E-state index in [2.05, 4.69) is 4.99 Å². The maximum atomic E-state index is 11.8. The lowest BCUT2D eigenvalue weighted by atomic mass is 10.2. The Balaban J connectivity index is 1.78. The fourth-order valence-corrected chi connectivity index (χ4v) is 1.90. The Labute approximate surface area is 127 Å². The summed E-state index contributed by atoms with van der Waals surface area (Å²) in [5.41, 5.74) is 0.959. The second-order valence-corrected chi connectivity index (χ2v) is 4.46. The van der Waals surface area contributed by atoms with Crippen LogP contribution in [0.5, 0.6) is 5.75 Å². The number of carbonyl (C=O) groups excluding carboxylic acids is 1. The molecule has 0 aliphatic carbocycles. The molecule has 0 amide bonds. The van der Waals surface area contributed by atoms with Gasteiger partial charge in [0.25, 0.3) is 0 Å². The van der Waals surface area contributed by atoms with Gasteiger partial charge >= 0.3 is 5.97 Å². The maximum Gasteiger partial charge on any atom is 0.363 e. The van der Waals surface area contributed by atoms with Crippen LogP contribution in [0, 0.1) is 0 Å². The van der Waals surface area contributed by atoms with Crippen molar-refractivity contribution in [2.45, 2.75) is 0 Å². The summed E-state index contributed by atoms with van der Waals surface area (Å²) in [6.07, 6.45) is 6.59. The Morgan fingerprint density at radius 2 is 2.00 bits per heavy atom. The molecule has 0 saturated carbocycles. The number of cyclic esters (lactones) is 1. The first-order chi connectivity index (χ1) is 10.8. The van der Waals surface area contributed by atoms with Gasteiger partial charge in [-0.25, -0.2) is 9.79 Å². The largest absolute Gasteiger partial charge is 0.497 e. The van der Waals surface area contributed by atoms with Crippen LogP contribution in [-0.4, -0.2) is 19.0 Å². The van der Waals surface area contributed by atoms with Crippen molar-refractivity contribution in [1.29, 1.82) is 0 Å². The van der Waals surface area contributed by atoms with Crippen LogP contribution in [0.1, 0.15) is 11.3 Å². The zero-order chi connectivity index (χ0) is 15.4. The van der Waals surface area contributed by atoms with E-state index in [9.17, 15) is 4.79 Å². The van der Waals surface area contributed by atoms with E-state index in [0.29, 0.717) is 11.3 Å². The van der Waals surface area contributed by atoms with Crippen molar-refractivity contribution in [3.05, 3.63) is 71.8 Å². The number of furan rings is 1. The molecule has 5 nitrogen and oxygen atoms in total. The minimum atomic E-state index is -0.477. The van der Waals surface area contributed by atoms with Gasteiger partial charge in [-0.15, -0.1) is 0 Å². The highest BCUT2D eigenvalue weighted by atomic mass is 16.6. The van der Waals surface area contributed by atoms with Crippen LogP contribution >= 0.6 is 0 Å². The molecule has 1 aliphatic heterocycles. The standard InChI is InChI=1S/C17H13NO4/c1-20-13-9-7-12(8-10-13)16-18-15(17(19)22-16)6-2-4-14-5-3-11-21-14/h2-11H,1H3/b4-2+,15-6-. The normalized spacial score (nSPS) is 16.1. The number of allylic oxidation sites excluding steroid dienone is 2. The molecule has 0 spiro atoms. The third-order valence-corrected chi connectivity index (χ3v) is 3.02.